The molecule has 0 spiro atoms. The van der Waals surface area contributed by atoms with E-state index in [0.717, 1.165) is 41.7 Å². The van der Waals surface area contributed by atoms with Crippen molar-refractivity contribution in [2.24, 2.45) is 0 Å². The molecule has 1 fully saturated rings. The number of nitrogens with one attached hydrogen (secondary N) is 1. The average molecular weight is 380 g/mol. The van der Waals surface area contributed by atoms with Crippen LogP contribution in [0.15, 0.2) is 55.0 Å². The Kier molecular flexibility index (Phi) is 5.13. The molecule has 1 N–H and O–H groups in total. The van der Waals surface area contributed by atoms with Crippen LogP contribution in [0.3, 0.4) is 0 Å². The highest BCUT2D eigenvalue weighted by molar-refractivity contribution is 7.17. The summed E-state index contributed by atoms with van der Waals surface area (Å²) in [4.78, 5) is 23.8. The maximum absolute atomic E-state index is 12.5. The molecule has 0 bridgehead atoms. The lowest BCUT2D eigenvalue weighted by Crippen LogP contribution is -2.43. The van der Waals surface area contributed by atoms with Crippen molar-refractivity contribution in [3.05, 3.63) is 59.9 Å². The van der Waals surface area contributed by atoms with Crippen LogP contribution in [0.25, 0.3) is 10.6 Å². The minimum atomic E-state index is -0.153. The molecule has 3 heterocycles. The summed E-state index contributed by atoms with van der Waals surface area (Å²) in [6.45, 7) is 4.52. The molecule has 0 aliphatic carbocycles. The summed E-state index contributed by atoms with van der Waals surface area (Å²) in [5.41, 5.74) is 2.86. The number of ether oxygens (including phenoxy) is 1. The van der Waals surface area contributed by atoms with E-state index in [-0.39, 0.29) is 5.91 Å². The summed E-state index contributed by atoms with van der Waals surface area (Å²) in [6.07, 6.45) is 5.04. The highest BCUT2D eigenvalue weighted by Crippen LogP contribution is 2.26. The Bertz CT molecular complexity index is 911. The fourth-order valence-electron chi connectivity index (χ4n) is 3.05. The molecule has 4 rings (SSSR count). The molecule has 1 aliphatic heterocycles. The molecule has 138 valence electrons. The topological polar surface area (TPSA) is 67.3 Å². The van der Waals surface area contributed by atoms with Crippen LogP contribution in [0.4, 0.5) is 11.4 Å². The average Bonchev–Trinajstić information content (AvgIpc) is 3.20. The van der Waals surface area contributed by atoms with E-state index in [1.807, 2.05) is 36.4 Å². The first-order valence-corrected chi connectivity index (χ1v) is 9.64. The van der Waals surface area contributed by atoms with Crippen LogP contribution < -0.4 is 10.2 Å². The summed E-state index contributed by atoms with van der Waals surface area (Å²) in [6, 6.07) is 12.0. The van der Waals surface area contributed by atoms with Crippen molar-refractivity contribution >= 4 is 28.6 Å². The number of hydrogen-bond donors (Lipinski definition) is 1. The van der Waals surface area contributed by atoms with E-state index in [9.17, 15) is 4.79 Å². The summed E-state index contributed by atoms with van der Waals surface area (Å²) in [7, 11) is 0. The number of carbonyl (C=O) groups is 1. The van der Waals surface area contributed by atoms with Gasteiger partial charge in [-0.05, 0) is 43.3 Å². The number of pyridine rings is 1. The van der Waals surface area contributed by atoms with E-state index < -0.39 is 0 Å². The lowest BCUT2D eigenvalue weighted by Gasteiger charge is -2.35. The number of anilines is 2. The number of amides is 1. The Morgan fingerprint density at radius 1 is 1.22 bits per heavy atom. The van der Waals surface area contributed by atoms with Crippen molar-refractivity contribution in [2.45, 2.75) is 13.0 Å². The Hall–Kier alpha value is -2.77. The minimum Gasteiger partial charge on any atom is -0.377 e. The third-order valence-corrected chi connectivity index (χ3v) is 5.53. The van der Waals surface area contributed by atoms with Crippen molar-refractivity contribution < 1.29 is 9.53 Å². The van der Waals surface area contributed by atoms with E-state index >= 15 is 0 Å². The van der Waals surface area contributed by atoms with Gasteiger partial charge in [-0.2, -0.15) is 0 Å². The Balaban J connectivity index is 1.43. The molecule has 0 saturated carbocycles. The second-order valence-electron chi connectivity index (χ2n) is 6.38. The molecule has 1 saturated heterocycles. The Morgan fingerprint density at radius 2 is 2.00 bits per heavy atom. The number of aromatic nitrogens is 2. The molecule has 1 amide bonds. The molecule has 1 atom stereocenters. The monoisotopic (exact) mass is 380 g/mol. The van der Waals surface area contributed by atoms with E-state index in [0.29, 0.717) is 10.9 Å². The molecular formula is C20H20N4O2S. The van der Waals surface area contributed by atoms with Gasteiger partial charge in [-0.3, -0.25) is 9.78 Å². The van der Waals surface area contributed by atoms with Gasteiger partial charge in [-0.25, -0.2) is 4.98 Å². The molecule has 3 aromatic rings. The highest BCUT2D eigenvalue weighted by atomic mass is 32.1. The van der Waals surface area contributed by atoms with Gasteiger partial charge in [0.1, 0.15) is 9.88 Å². The zero-order valence-corrected chi connectivity index (χ0v) is 15.8. The Morgan fingerprint density at radius 3 is 2.74 bits per heavy atom. The third kappa shape index (κ3) is 3.99. The molecule has 2 aromatic heterocycles. The zero-order chi connectivity index (χ0) is 18.6. The van der Waals surface area contributed by atoms with Crippen molar-refractivity contribution in [3.63, 3.8) is 0 Å². The predicted octanol–water partition coefficient (Wildman–Crippen LogP) is 3.68. The van der Waals surface area contributed by atoms with Gasteiger partial charge < -0.3 is 15.0 Å². The number of morpholine rings is 1. The van der Waals surface area contributed by atoms with Gasteiger partial charge >= 0.3 is 0 Å². The van der Waals surface area contributed by atoms with Gasteiger partial charge in [0.15, 0.2) is 0 Å². The third-order valence-electron chi connectivity index (χ3n) is 4.48. The molecule has 27 heavy (non-hydrogen) atoms. The number of nitrogens with zero attached hydrogens (tertiary/aromatic N) is 3. The molecule has 1 unspecified atom stereocenters. The summed E-state index contributed by atoms with van der Waals surface area (Å²) in [5.74, 6) is -0.153. The van der Waals surface area contributed by atoms with Crippen LogP contribution in [0.1, 0.15) is 16.6 Å². The zero-order valence-electron chi connectivity index (χ0n) is 15.0. The van der Waals surface area contributed by atoms with Gasteiger partial charge in [0, 0.05) is 41.9 Å². The summed E-state index contributed by atoms with van der Waals surface area (Å²) >= 11 is 1.37. The number of benzene rings is 1. The normalized spacial score (nSPS) is 16.9. The number of carbonyl (C=O) groups excluding carboxylic acids is 1. The molecule has 0 radical (unpaired) electrons. The first-order chi connectivity index (χ1) is 13.2. The van der Waals surface area contributed by atoms with Crippen molar-refractivity contribution in [1.29, 1.82) is 0 Å². The van der Waals surface area contributed by atoms with E-state index in [1.54, 1.807) is 18.6 Å². The van der Waals surface area contributed by atoms with Gasteiger partial charge in [0.2, 0.25) is 0 Å². The van der Waals surface area contributed by atoms with E-state index in [2.05, 4.69) is 27.1 Å². The van der Waals surface area contributed by atoms with Gasteiger partial charge in [0.05, 0.1) is 19.4 Å². The van der Waals surface area contributed by atoms with Gasteiger partial charge in [0.25, 0.3) is 5.91 Å². The van der Waals surface area contributed by atoms with E-state index in [1.165, 1.54) is 11.3 Å². The maximum Gasteiger partial charge on any atom is 0.267 e. The fraction of sp³-hybridized carbons (Fsp3) is 0.250. The first kappa shape index (κ1) is 17.6. The smallest absolute Gasteiger partial charge is 0.267 e. The van der Waals surface area contributed by atoms with Crippen LogP contribution in [0, 0.1) is 0 Å². The summed E-state index contributed by atoms with van der Waals surface area (Å²) < 4.78 is 5.49. The second kappa shape index (κ2) is 7.85. The predicted molar refractivity (Wildman–Crippen MR) is 107 cm³/mol. The fourth-order valence-corrected chi connectivity index (χ4v) is 3.86. The van der Waals surface area contributed by atoms with Crippen LogP contribution in [-0.4, -0.2) is 41.7 Å². The van der Waals surface area contributed by atoms with Crippen LogP contribution in [-0.2, 0) is 4.74 Å². The van der Waals surface area contributed by atoms with Crippen LogP contribution >= 0.6 is 11.3 Å². The molecule has 6 nitrogen and oxygen atoms in total. The maximum atomic E-state index is 12.5. The van der Waals surface area contributed by atoms with Crippen molar-refractivity contribution in [2.75, 3.05) is 30.0 Å². The minimum absolute atomic E-state index is 0.153. The van der Waals surface area contributed by atoms with Crippen molar-refractivity contribution in [1.82, 2.24) is 9.97 Å². The second-order valence-corrected chi connectivity index (χ2v) is 7.41. The number of hydrogen-bond acceptors (Lipinski definition) is 6. The first-order valence-electron chi connectivity index (χ1n) is 8.83. The van der Waals surface area contributed by atoms with E-state index in [4.69, 9.17) is 4.74 Å². The lowest BCUT2D eigenvalue weighted by atomic mass is 10.2. The van der Waals surface area contributed by atoms with Crippen molar-refractivity contribution in [3.8, 4) is 10.6 Å². The molecule has 7 heteroatoms. The standard InChI is InChI=1S/C20H20N4O2S/c1-14-13-26-11-10-24(14)17-4-2-16(3-5-17)23-19(25)18-12-22-20(27-18)15-6-8-21-9-7-15/h2-9,12,14H,10-11,13H2,1H3,(H,23,25). The highest BCUT2D eigenvalue weighted by Gasteiger charge is 2.19. The Labute approximate surface area is 161 Å². The number of thiazole rings is 1. The van der Waals surface area contributed by atoms with Crippen LogP contribution in [0.2, 0.25) is 0 Å². The van der Waals surface area contributed by atoms with Gasteiger partial charge in [-0.1, -0.05) is 0 Å². The largest absolute Gasteiger partial charge is 0.377 e. The number of rotatable bonds is 4. The van der Waals surface area contributed by atoms with Gasteiger partial charge in [-0.15, -0.1) is 11.3 Å². The SMILES string of the molecule is CC1COCCN1c1ccc(NC(=O)c2cnc(-c3ccncc3)s2)cc1. The quantitative estimate of drug-likeness (QED) is 0.748. The molecule has 1 aromatic carbocycles. The molecule has 1 aliphatic rings. The summed E-state index contributed by atoms with van der Waals surface area (Å²) in [5, 5.41) is 3.75. The lowest BCUT2D eigenvalue weighted by molar-refractivity contribution is 0.0989. The van der Waals surface area contributed by atoms with Crippen LogP contribution in [0.5, 0.6) is 0 Å². The molecular weight excluding hydrogens is 360 g/mol.